The van der Waals surface area contributed by atoms with Crippen LogP contribution in [0.15, 0.2) is 18.2 Å². The Kier molecular flexibility index (Phi) is 6.13. The summed E-state index contributed by atoms with van der Waals surface area (Å²) in [4.78, 5) is 0. The highest BCUT2D eigenvalue weighted by Crippen LogP contribution is 2.30. The van der Waals surface area contributed by atoms with Crippen LogP contribution >= 0.6 is 0 Å². The van der Waals surface area contributed by atoms with Gasteiger partial charge >= 0.3 is 0 Å². The molecule has 0 aromatic heterocycles. The Morgan fingerprint density at radius 1 is 1.22 bits per heavy atom. The van der Waals surface area contributed by atoms with E-state index in [2.05, 4.69) is 26.1 Å². The highest BCUT2D eigenvalue weighted by atomic mass is 19.1. The Morgan fingerprint density at radius 2 is 1.89 bits per heavy atom. The maximum atomic E-state index is 13.4. The van der Waals surface area contributed by atoms with Crippen molar-refractivity contribution in [1.29, 1.82) is 0 Å². The fourth-order valence-corrected chi connectivity index (χ4v) is 2.41. The molecule has 1 aromatic rings. The molecule has 2 nitrogen and oxygen atoms in total. The summed E-state index contributed by atoms with van der Waals surface area (Å²) in [5.74, 6) is 0.572. The van der Waals surface area contributed by atoms with Gasteiger partial charge in [0.2, 0.25) is 0 Å². The van der Waals surface area contributed by atoms with Crippen molar-refractivity contribution < 1.29 is 9.13 Å². The molecule has 102 valence electrons. The van der Waals surface area contributed by atoms with Crippen molar-refractivity contribution in [2.45, 2.75) is 39.7 Å². The molecule has 0 aliphatic rings. The van der Waals surface area contributed by atoms with Crippen molar-refractivity contribution in [1.82, 2.24) is 5.32 Å². The average molecular weight is 253 g/mol. The molecule has 0 radical (unpaired) electrons. The van der Waals surface area contributed by atoms with Crippen LogP contribution in [0.1, 0.15) is 45.2 Å². The smallest absolute Gasteiger partial charge is 0.165 e. The highest BCUT2D eigenvalue weighted by Gasteiger charge is 2.20. The molecule has 0 heterocycles. The van der Waals surface area contributed by atoms with E-state index in [1.165, 1.54) is 13.2 Å². The molecule has 0 aliphatic carbocycles. The van der Waals surface area contributed by atoms with Gasteiger partial charge in [0.1, 0.15) is 0 Å². The van der Waals surface area contributed by atoms with E-state index in [-0.39, 0.29) is 11.9 Å². The summed E-state index contributed by atoms with van der Waals surface area (Å²) in [6, 6.07) is 5.41. The van der Waals surface area contributed by atoms with Gasteiger partial charge in [0.05, 0.1) is 7.11 Å². The summed E-state index contributed by atoms with van der Waals surface area (Å²) >= 11 is 0. The molecule has 1 atom stereocenters. The predicted octanol–water partition coefficient (Wildman–Crippen LogP) is 3.92. The van der Waals surface area contributed by atoms with E-state index in [4.69, 9.17) is 4.74 Å². The summed E-state index contributed by atoms with van der Waals surface area (Å²) in [6.45, 7) is 7.38. The number of hydrogen-bond donors (Lipinski definition) is 1. The van der Waals surface area contributed by atoms with E-state index in [0.717, 1.165) is 24.9 Å². The van der Waals surface area contributed by atoms with E-state index in [9.17, 15) is 4.39 Å². The molecule has 1 aromatic carbocycles. The van der Waals surface area contributed by atoms with Crippen LogP contribution in [0.5, 0.6) is 5.75 Å². The first-order valence-corrected chi connectivity index (χ1v) is 6.74. The van der Waals surface area contributed by atoms with Crippen molar-refractivity contribution in [2.75, 3.05) is 13.7 Å². The molecule has 1 unspecified atom stereocenters. The minimum Gasteiger partial charge on any atom is -0.494 e. The summed E-state index contributed by atoms with van der Waals surface area (Å²) in [7, 11) is 1.50. The molecule has 0 saturated heterocycles. The van der Waals surface area contributed by atoms with Gasteiger partial charge in [0, 0.05) is 6.04 Å². The maximum absolute atomic E-state index is 13.4. The van der Waals surface area contributed by atoms with Crippen LogP contribution in [-0.2, 0) is 0 Å². The number of halogens is 1. The van der Waals surface area contributed by atoms with Gasteiger partial charge in [0.15, 0.2) is 11.6 Å². The van der Waals surface area contributed by atoms with Gasteiger partial charge in [-0.15, -0.1) is 0 Å². The maximum Gasteiger partial charge on any atom is 0.165 e. The summed E-state index contributed by atoms with van der Waals surface area (Å²) in [5.41, 5.74) is 1.10. The lowest BCUT2D eigenvalue weighted by atomic mass is 9.88. The summed E-state index contributed by atoms with van der Waals surface area (Å²) < 4.78 is 18.5. The standard InChI is InChI=1S/C15H24FNO/c1-5-11(6-2)15(17-7-3)12-8-9-13(16)14(10-12)18-4/h8-11,15,17H,5-7H2,1-4H3. The Bertz CT molecular complexity index is 364. The minimum absolute atomic E-state index is 0.263. The molecule has 1 N–H and O–H groups in total. The Morgan fingerprint density at radius 3 is 2.39 bits per heavy atom. The lowest BCUT2D eigenvalue weighted by molar-refractivity contribution is 0.342. The second-order valence-corrected chi connectivity index (χ2v) is 4.51. The van der Waals surface area contributed by atoms with Crippen LogP contribution in [-0.4, -0.2) is 13.7 Å². The van der Waals surface area contributed by atoms with Gasteiger partial charge in [-0.05, 0) is 30.2 Å². The van der Waals surface area contributed by atoms with Gasteiger partial charge in [-0.3, -0.25) is 0 Å². The van der Waals surface area contributed by atoms with Crippen LogP contribution in [0.25, 0.3) is 0 Å². The van der Waals surface area contributed by atoms with Crippen LogP contribution < -0.4 is 10.1 Å². The zero-order chi connectivity index (χ0) is 13.5. The quantitative estimate of drug-likeness (QED) is 0.795. The highest BCUT2D eigenvalue weighted by molar-refractivity contribution is 5.32. The minimum atomic E-state index is -0.305. The van der Waals surface area contributed by atoms with Crippen LogP contribution in [0.2, 0.25) is 0 Å². The molecule has 0 aliphatic heterocycles. The number of hydrogen-bond acceptors (Lipinski definition) is 2. The van der Waals surface area contributed by atoms with Crippen molar-refractivity contribution >= 4 is 0 Å². The lowest BCUT2D eigenvalue weighted by Crippen LogP contribution is -2.27. The number of rotatable bonds is 7. The third-order valence-corrected chi connectivity index (χ3v) is 3.48. The number of nitrogens with one attached hydrogen (secondary N) is 1. The molecule has 0 saturated carbocycles. The van der Waals surface area contributed by atoms with E-state index < -0.39 is 0 Å². The van der Waals surface area contributed by atoms with Gasteiger partial charge in [-0.1, -0.05) is 39.7 Å². The molecule has 0 amide bonds. The fourth-order valence-electron chi connectivity index (χ4n) is 2.41. The Labute approximate surface area is 110 Å². The molecule has 18 heavy (non-hydrogen) atoms. The first-order valence-electron chi connectivity index (χ1n) is 6.74. The number of ether oxygens (including phenoxy) is 1. The molecular formula is C15H24FNO. The lowest BCUT2D eigenvalue weighted by Gasteiger charge is -2.27. The SMILES string of the molecule is CCNC(c1ccc(F)c(OC)c1)C(CC)CC. The fraction of sp³-hybridized carbons (Fsp3) is 0.600. The van der Waals surface area contributed by atoms with Gasteiger partial charge in [0.25, 0.3) is 0 Å². The van der Waals surface area contributed by atoms with Gasteiger partial charge < -0.3 is 10.1 Å². The van der Waals surface area contributed by atoms with E-state index in [0.29, 0.717) is 11.7 Å². The zero-order valence-corrected chi connectivity index (χ0v) is 11.8. The molecule has 0 bridgehead atoms. The van der Waals surface area contributed by atoms with Crippen LogP contribution in [0, 0.1) is 11.7 Å². The van der Waals surface area contributed by atoms with Crippen molar-refractivity contribution in [3.05, 3.63) is 29.6 Å². The summed E-state index contributed by atoms with van der Waals surface area (Å²) in [5, 5.41) is 3.49. The third-order valence-electron chi connectivity index (χ3n) is 3.48. The van der Waals surface area contributed by atoms with E-state index >= 15 is 0 Å². The largest absolute Gasteiger partial charge is 0.494 e. The number of methoxy groups -OCH3 is 1. The zero-order valence-electron chi connectivity index (χ0n) is 11.8. The number of benzene rings is 1. The topological polar surface area (TPSA) is 21.3 Å². The molecule has 1 rings (SSSR count). The van der Waals surface area contributed by atoms with Gasteiger partial charge in [-0.2, -0.15) is 0 Å². The van der Waals surface area contributed by atoms with E-state index in [1.807, 2.05) is 6.07 Å². The van der Waals surface area contributed by atoms with Gasteiger partial charge in [-0.25, -0.2) is 4.39 Å². The van der Waals surface area contributed by atoms with Crippen LogP contribution in [0.4, 0.5) is 4.39 Å². The monoisotopic (exact) mass is 253 g/mol. The molecule has 0 spiro atoms. The van der Waals surface area contributed by atoms with E-state index in [1.54, 1.807) is 6.07 Å². The Hall–Kier alpha value is -1.09. The molecule has 3 heteroatoms. The normalized spacial score (nSPS) is 12.8. The predicted molar refractivity (Wildman–Crippen MR) is 73.4 cm³/mol. The molecule has 0 fully saturated rings. The van der Waals surface area contributed by atoms with Crippen molar-refractivity contribution in [3.63, 3.8) is 0 Å². The van der Waals surface area contributed by atoms with Crippen LogP contribution in [0.3, 0.4) is 0 Å². The molecular weight excluding hydrogens is 229 g/mol. The first kappa shape index (κ1) is 15.0. The van der Waals surface area contributed by atoms with Crippen molar-refractivity contribution in [2.24, 2.45) is 5.92 Å². The second kappa shape index (κ2) is 7.37. The average Bonchev–Trinajstić information content (AvgIpc) is 2.40. The second-order valence-electron chi connectivity index (χ2n) is 4.51. The first-order chi connectivity index (χ1) is 8.67. The summed E-state index contributed by atoms with van der Waals surface area (Å²) in [6.07, 6.45) is 2.21. The van der Waals surface area contributed by atoms with Crippen molar-refractivity contribution in [3.8, 4) is 5.75 Å². The third kappa shape index (κ3) is 3.45. The Balaban J connectivity index is 3.04.